The lowest BCUT2D eigenvalue weighted by Gasteiger charge is -2.20. The molecule has 0 aromatic carbocycles. The Balaban J connectivity index is 3.56. The van der Waals surface area contributed by atoms with E-state index in [1.807, 2.05) is 6.08 Å². The lowest BCUT2D eigenvalue weighted by molar-refractivity contribution is -0.143. The van der Waals surface area contributed by atoms with Crippen molar-refractivity contribution in [3.8, 4) is 0 Å². The van der Waals surface area contributed by atoms with Gasteiger partial charge in [0.15, 0.2) is 0 Å². The molecular weight excluding hydrogens is 647 g/mol. The van der Waals surface area contributed by atoms with Gasteiger partial charge < -0.3 is 20.3 Å². The SMILES string of the molecule is CCCCC/C=C\CCCCCCCC(=O)OCCCCCCCCCCCC(=O)NC(CO)C(O)/C=C/CCCCCCCCCCCCCC. The first kappa shape index (κ1) is 50.3. The molecule has 2 atom stereocenters. The number of aliphatic hydroxyl groups excluding tert-OH is 2. The fourth-order valence-corrected chi connectivity index (χ4v) is 6.68. The number of hydrogen-bond acceptors (Lipinski definition) is 5. The number of amides is 1. The van der Waals surface area contributed by atoms with Crippen LogP contribution in [0.1, 0.15) is 232 Å². The summed E-state index contributed by atoms with van der Waals surface area (Å²) in [7, 11) is 0. The van der Waals surface area contributed by atoms with Gasteiger partial charge in [-0.05, 0) is 57.8 Å². The Labute approximate surface area is 322 Å². The van der Waals surface area contributed by atoms with Gasteiger partial charge in [0.05, 0.1) is 25.4 Å². The van der Waals surface area contributed by atoms with E-state index in [4.69, 9.17) is 4.74 Å². The van der Waals surface area contributed by atoms with Gasteiger partial charge in [-0.3, -0.25) is 9.59 Å². The minimum Gasteiger partial charge on any atom is -0.466 e. The van der Waals surface area contributed by atoms with Crippen LogP contribution in [0.25, 0.3) is 0 Å². The third-order valence-corrected chi connectivity index (χ3v) is 10.2. The second-order valence-electron chi connectivity index (χ2n) is 15.4. The summed E-state index contributed by atoms with van der Waals surface area (Å²) < 4.78 is 5.42. The van der Waals surface area contributed by atoms with Crippen LogP contribution < -0.4 is 5.32 Å². The van der Waals surface area contributed by atoms with Crippen molar-refractivity contribution >= 4 is 11.9 Å². The van der Waals surface area contributed by atoms with Crippen molar-refractivity contribution in [2.45, 2.75) is 244 Å². The smallest absolute Gasteiger partial charge is 0.305 e. The Bertz CT molecular complexity index is 813. The molecule has 0 rings (SSSR count). The molecule has 0 aromatic rings. The van der Waals surface area contributed by atoms with Crippen LogP contribution in [0.15, 0.2) is 24.3 Å². The topological polar surface area (TPSA) is 95.9 Å². The molecule has 3 N–H and O–H groups in total. The predicted octanol–water partition coefficient (Wildman–Crippen LogP) is 12.8. The number of carbonyl (C=O) groups excluding carboxylic acids is 2. The maximum atomic E-state index is 12.4. The summed E-state index contributed by atoms with van der Waals surface area (Å²) >= 11 is 0. The van der Waals surface area contributed by atoms with E-state index in [-0.39, 0.29) is 18.5 Å². The molecule has 2 unspecified atom stereocenters. The first-order chi connectivity index (χ1) is 25.5. The zero-order chi connectivity index (χ0) is 38.0. The van der Waals surface area contributed by atoms with Crippen molar-refractivity contribution in [3.63, 3.8) is 0 Å². The molecule has 306 valence electrons. The molecule has 6 heteroatoms. The van der Waals surface area contributed by atoms with Gasteiger partial charge in [-0.2, -0.15) is 0 Å². The standard InChI is InChI=1S/C46H87NO5/c1-3-5-7-9-11-13-15-17-18-19-22-26-30-34-38-44(49)43(42-48)47-45(50)39-35-31-27-23-21-25-29-33-37-41-52-46(51)40-36-32-28-24-20-16-14-12-10-8-6-4-2/h12,14,34,38,43-44,48-49H,3-11,13,15-33,35-37,39-42H2,1-2H3,(H,47,50)/b14-12-,38-34+. The number of hydrogen-bond donors (Lipinski definition) is 3. The lowest BCUT2D eigenvalue weighted by atomic mass is 10.0. The van der Waals surface area contributed by atoms with Gasteiger partial charge in [-0.15, -0.1) is 0 Å². The predicted molar refractivity (Wildman–Crippen MR) is 223 cm³/mol. The van der Waals surface area contributed by atoms with E-state index in [0.717, 1.165) is 57.8 Å². The van der Waals surface area contributed by atoms with Crippen LogP contribution in [-0.4, -0.2) is 47.4 Å². The normalized spacial score (nSPS) is 12.9. The highest BCUT2D eigenvalue weighted by atomic mass is 16.5. The van der Waals surface area contributed by atoms with Crippen molar-refractivity contribution < 1.29 is 24.5 Å². The summed E-state index contributed by atoms with van der Waals surface area (Å²) in [6.07, 6.45) is 47.3. The van der Waals surface area contributed by atoms with E-state index in [2.05, 4.69) is 31.3 Å². The van der Waals surface area contributed by atoms with E-state index in [1.165, 1.54) is 148 Å². The van der Waals surface area contributed by atoms with Gasteiger partial charge in [0.1, 0.15) is 0 Å². The zero-order valence-corrected chi connectivity index (χ0v) is 34.5. The number of rotatable bonds is 41. The average Bonchev–Trinajstić information content (AvgIpc) is 3.14. The number of nitrogens with one attached hydrogen (secondary N) is 1. The van der Waals surface area contributed by atoms with Gasteiger partial charge in [0.2, 0.25) is 5.91 Å². The molecule has 0 aliphatic carbocycles. The summed E-state index contributed by atoms with van der Waals surface area (Å²) in [5.41, 5.74) is 0. The minimum absolute atomic E-state index is 0.0381. The molecule has 0 bridgehead atoms. The number of allylic oxidation sites excluding steroid dienone is 3. The Morgan fingerprint density at radius 1 is 0.519 bits per heavy atom. The Morgan fingerprint density at radius 3 is 1.40 bits per heavy atom. The van der Waals surface area contributed by atoms with Crippen LogP contribution in [0.4, 0.5) is 0 Å². The largest absolute Gasteiger partial charge is 0.466 e. The van der Waals surface area contributed by atoms with E-state index in [0.29, 0.717) is 19.4 Å². The van der Waals surface area contributed by atoms with Crippen molar-refractivity contribution in [1.82, 2.24) is 5.32 Å². The van der Waals surface area contributed by atoms with Gasteiger partial charge in [0, 0.05) is 12.8 Å². The molecule has 0 spiro atoms. The second-order valence-corrected chi connectivity index (χ2v) is 15.4. The lowest BCUT2D eigenvalue weighted by Crippen LogP contribution is -2.45. The Hall–Kier alpha value is -1.66. The highest BCUT2D eigenvalue weighted by molar-refractivity contribution is 5.76. The van der Waals surface area contributed by atoms with E-state index < -0.39 is 12.1 Å². The number of ether oxygens (including phenoxy) is 1. The molecule has 0 aliphatic heterocycles. The molecule has 0 saturated heterocycles. The van der Waals surface area contributed by atoms with Gasteiger partial charge >= 0.3 is 5.97 Å². The van der Waals surface area contributed by atoms with Crippen LogP contribution in [-0.2, 0) is 14.3 Å². The fraction of sp³-hybridized carbons (Fsp3) is 0.870. The monoisotopic (exact) mass is 734 g/mol. The highest BCUT2D eigenvalue weighted by Gasteiger charge is 2.18. The fourth-order valence-electron chi connectivity index (χ4n) is 6.68. The van der Waals surface area contributed by atoms with Crippen LogP contribution in [0.3, 0.4) is 0 Å². The molecular formula is C46H87NO5. The van der Waals surface area contributed by atoms with E-state index in [1.54, 1.807) is 6.08 Å². The molecule has 0 radical (unpaired) electrons. The highest BCUT2D eigenvalue weighted by Crippen LogP contribution is 2.14. The Morgan fingerprint density at radius 2 is 0.904 bits per heavy atom. The summed E-state index contributed by atoms with van der Waals surface area (Å²) in [6, 6.07) is -0.647. The van der Waals surface area contributed by atoms with Gasteiger partial charge in [-0.25, -0.2) is 0 Å². The number of aliphatic hydroxyl groups is 2. The Kier molecular flexibility index (Phi) is 40.7. The summed E-state index contributed by atoms with van der Waals surface area (Å²) in [4.78, 5) is 24.3. The van der Waals surface area contributed by atoms with Crippen LogP contribution in [0.5, 0.6) is 0 Å². The molecule has 0 saturated carbocycles. The number of carbonyl (C=O) groups is 2. The van der Waals surface area contributed by atoms with Crippen molar-refractivity contribution in [2.75, 3.05) is 13.2 Å². The second kappa shape index (κ2) is 42.1. The van der Waals surface area contributed by atoms with Crippen molar-refractivity contribution in [1.29, 1.82) is 0 Å². The quantitative estimate of drug-likeness (QED) is 0.0330. The van der Waals surface area contributed by atoms with Crippen LogP contribution >= 0.6 is 0 Å². The van der Waals surface area contributed by atoms with Crippen molar-refractivity contribution in [3.05, 3.63) is 24.3 Å². The summed E-state index contributed by atoms with van der Waals surface area (Å²) in [5.74, 6) is -0.135. The average molecular weight is 734 g/mol. The molecule has 1 amide bonds. The number of unbranched alkanes of at least 4 members (excludes halogenated alkanes) is 28. The van der Waals surface area contributed by atoms with Gasteiger partial charge in [0.25, 0.3) is 0 Å². The minimum atomic E-state index is -0.860. The maximum Gasteiger partial charge on any atom is 0.305 e. The first-order valence-electron chi connectivity index (χ1n) is 22.6. The zero-order valence-electron chi connectivity index (χ0n) is 34.5. The molecule has 6 nitrogen and oxygen atoms in total. The summed E-state index contributed by atoms with van der Waals surface area (Å²) in [6.45, 7) is 4.79. The summed E-state index contributed by atoms with van der Waals surface area (Å²) in [5, 5.41) is 23.0. The van der Waals surface area contributed by atoms with Crippen molar-refractivity contribution in [2.24, 2.45) is 0 Å². The van der Waals surface area contributed by atoms with Crippen LogP contribution in [0.2, 0.25) is 0 Å². The maximum absolute atomic E-state index is 12.4. The molecule has 0 fully saturated rings. The van der Waals surface area contributed by atoms with E-state index >= 15 is 0 Å². The third kappa shape index (κ3) is 38.1. The molecule has 0 aliphatic rings. The van der Waals surface area contributed by atoms with E-state index in [9.17, 15) is 19.8 Å². The number of esters is 1. The van der Waals surface area contributed by atoms with Crippen LogP contribution in [0, 0.1) is 0 Å². The third-order valence-electron chi connectivity index (χ3n) is 10.2. The molecule has 0 heterocycles. The molecule has 52 heavy (non-hydrogen) atoms. The first-order valence-corrected chi connectivity index (χ1v) is 22.6. The van der Waals surface area contributed by atoms with Gasteiger partial charge in [-0.1, -0.05) is 186 Å². The molecule has 0 aromatic heterocycles.